The molecule has 2 aromatic heterocycles. The molecule has 3 heterocycles. The molecule has 21 heavy (non-hydrogen) atoms. The van der Waals surface area contributed by atoms with Gasteiger partial charge in [0.05, 0.1) is 24.6 Å². The van der Waals surface area contributed by atoms with Gasteiger partial charge < -0.3 is 14.0 Å². The van der Waals surface area contributed by atoms with E-state index in [0.29, 0.717) is 5.56 Å². The lowest BCUT2D eigenvalue weighted by Gasteiger charge is -2.32. The van der Waals surface area contributed by atoms with Crippen LogP contribution < -0.4 is 0 Å². The van der Waals surface area contributed by atoms with E-state index >= 15 is 0 Å². The van der Waals surface area contributed by atoms with Crippen molar-refractivity contribution in [3.8, 4) is 0 Å². The number of rotatable bonds is 3. The largest absolute Gasteiger partial charge is 0.465 e. The molecule has 0 spiro atoms. The lowest BCUT2D eigenvalue weighted by molar-refractivity contribution is 0.0600. The van der Waals surface area contributed by atoms with Gasteiger partial charge in [0.25, 0.3) is 0 Å². The summed E-state index contributed by atoms with van der Waals surface area (Å²) in [5, 5.41) is 0. The molecule has 0 amide bonds. The standard InChI is InChI=1S/C15H20N4O2/c1-17-5-7-18(8-6-17)11-13-10-16-14-9-12(15(20)21-2)3-4-19(13)14/h3-4,9-10H,5-8,11H2,1-2H3. The Kier molecular flexibility index (Phi) is 3.90. The number of ether oxygens (including phenoxy) is 1. The van der Waals surface area contributed by atoms with E-state index in [1.54, 1.807) is 12.1 Å². The second kappa shape index (κ2) is 5.83. The Morgan fingerprint density at radius 3 is 2.81 bits per heavy atom. The Morgan fingerprint density at radius 2 is 2.10 bits per heavy atom. The number of aromatic nitrogens is 2. The topological polar surface area (TPSA) is 50.1 Å². The van der Waals surface area contributed by atoms with Crippen molar-refractivity contribution < 1.29 is 9.53 Å². The number of likely N-dealkylation sites (N-methyl/N-ethyl adjacent to an activating group) is 1. The van der Waals surface area contributed by atoms with E-state index in [0.717, 1.165) is 44.1 Å². The summed E-state index contributed by atoms with van der Waals surface area (Å²) < 4.78 is 6.77. The van der Waals surface area contributed by atoms with Gasteiger partial charge in [0.2, 0.25) is 0 Å². The van der Waals surface area contributed by atoms with Crippen molar-refractivity contribution in [2.75, 3.05) is 40.3 Å². The first kappa shape index (κ1) is 14.0. The van der Waals surface area contributed by atoms with Crippen molar-refractivity contribution >= 4 is 11.6 Å². The Hall–Kier alpha value is -1.92. The maximum Gasteiger partial charge on any atom is 0.338 e. The minimum absolute atomic E-state index is 0.332. The number of hydrogen-bond donors (Lipinski definition) is 0. The average molecular weight is 288 g/mol. The predicted molar refractivity (Wildman–Crippen MR) is 79.3 cm³/mol. The van der Waals surface area contributed by atoms with Gasteiger partial charge in [0.1, 0.15) is 5.65 Å². The van der Waals surface area contributed by atoms with Crippen molar-refractivity contribution in [3.05, 3.63) is 35.8 Å². The van der Waals surface area contributed by atoms with Gasteiger partial charge in [-0.25, -0.2) is 9.78 Å². The molecule has 2 aromatic rings. The van der Waals surface area contributed by atoms with E-state index in [2.05, 4.69) is 21.8 Å². The molecule has 112 valence electrons. The first-order valence-electron chi connectivity index (χ1n) is 7.12. The van der Waals surface area contributed by atoms with Crippen LogP contribution in [0.1, 0.15) is 16.1 Å². The van der Waals surface area contributed by atoms with E-state index in [9.17, 15) is 4.79 Å². The maximum atomic E-state index is 11.5. The van der Waals surface area contributed by atoms with Crippen LogP contribution in [0.3, 0.4) is 0 Å². The quantitative estimate of drug-likeness (QED) is 0.784. The number of imidazole rings is 1. The van der Waals surface area contributed by atoms with Gasteiger partial charge in [0.15, 0.2) is 0 Å². The normalized spacial score (nSPS) is 17.2. The Balaban J connectivity index is 1.79. The van der Waals surface area contributed by atoms with Crippen LogP contribution in [0.25, 0.3) is 5.65 Å². The van der Waals surface area contributed by atoms with Crippen molar-refractivity contribution in [2.45, 2.75) is 6.54 Å². The summed E-state index contributed by atoms with van der Waals surface area (Å²) in [6, 6.07) is 3.54. The summed E-state index contributed by atoms with van der Waals surface area (Å²) in [7, 11) is 3.54. The van der Waals surface area contributed by atoms with Crippen LogP contribution in [-0.2, 0) is 11.3 Å². The van der Waals surface area contributed by atoms with Gasteiger partial charge in [-0.1, -0.05) is 0 Å². The van der Waals surface area contributed by atoms with E-state index in [1.807, 2.05) is 16.8 Å². The summed E-state index contributed by atoms with van der Waals surface area (Å²) in [5.74, 6) is -0.332. The first-order chi connectivity index (χ1) is 10.2. The van der Waals surface area contributed by atoms with Gasteiger partial charge in [-0.3, -0.25) is 4.90 Å². The number of esters is 1. The van der Waals surface area contributed by atoms with Crippen LogP contribution >= 0.6 is 0 Å². The molecule has 1 aliphatic rings. The van der Waals surface area contributed by atoms with Crippen molar-refractivity contribution in [1.29, 1.82) is 0 Å². The molecule has 0 unspecified atom stereocenters. The highest BCUT2D eigenvalue weighted by Gasteiger charge is 2.16. The summed E-state index contributed by atoms with van der Waals surface area (Å²) >= 11 is 0. The van der Waals surface area contributed by atoms with Gasteiger partial charge in [-0.05, 0) is 19.2 Å². The molecule has 3 rings (SSSR count). The van der Waals surface area contributed by atoms with Crippen LogP contribution in [0.5, 0.6) is 0 Å². The summed E-state index contributed by atoms with van der Waals surface area (Å²) in [5.41, 5.74) is 2.45. The number of carbonyl (C=O) groups excluding carboxylic acids is 1. The molecular formula is C15H20N4O2. The lowest BCUT2D eigenvalue weighted by Crippen LogP contribution is -2.44. The molecule has 1 fully saturated rings. The fourth-order valence-electron chi connectivity index (χ4n) is 2.63. The minimum atomic E-state index is -0.332. The number of pyridine rings is 1. The van der Waals surface area contributed by atoms with E-state index in [1.165, 1.54) is 7.11 Å². The Bertz CT molecular complexity index is 644. The maximum absolute atomic E-state index is 11.5. The molecule has 6 nitrogen and oxygen atoms in total. The number of carbonyl (C=O) groups is 1. The highest BCUT2D eigenvalue weighted by molar-refractivity contribution is 5.90. The van der Waals surface area contributed by atoms with Crippen LogP contribution in [0, 0.1) is 0 Å². The molecule has 0 aliphatic carbocycles. The van der Waals surface area contributed by atoms with Gasteiger partial charge in [0, 0.05) is 38.9 Å². The summed E-state index contributed by atoms with van der Waals surface area (Å²) in [6.45, 7) is 5.23. The number of hydrogen-bond acceptors (Lipinski definition) is 5. The molecule has 0 radical (unpaired) electrons. The fraction of sp³-hybridized carbons (Fsp3) is 0.467. The average Bonchev–Trinajstić information content (AvgIpc) is 2.91. The molecule has 0 atom stereocenters. The molecular weight excluding hydrogens is 268 g/mol. The molecule has 6 heteroatoms. The molecule has 1 saturated heterocycles. The van der Waals surface area contributed by atoms with Crippen LogP contribution in [0.4, 0.5) is 0 Å². The van der Waals surface area contributed by atoms with Crippen molar-refractivity contribution in [2.24, 2.45) is 0 Å². The number of nitrogens with zero attached hydrogens (tertiary/aromatic N) is 4. The SMILES string of the molecule is COC(=O)c1ccn2c(CN3CCN(C)CC3)cnc2c1. The smallest absolute Gasteiger partial charge is 0.338 e. The number of fused-ring (bicyclic) bond motifs is 1. The minimum Gasteiger partial charge on any atom is -0.465 e. The second-order valence-corrected chi connectivity index (χ2v) is 5.46. The molecule has 0 bridgehead atoms. The van der Waals surface area contributed by atoms with Gasteiger partial charge in [-0.2, -0.15) is 0 Å². The molecule has 0 aromatic carbocycles. The monoisotopic (exact) mass is 288 g/mol. The van der Waals surface area contributed by atoms with Crippen LogP contribution in [0.2, 0.25) is 0 Å². The zero-order valence-electron chi connectivity index (χ0n) is 12.5. The molecule has 1 aliphatic heterocycles. The summed E-state index contributed by atoms with van der Waals surface area (Å²) in [4.78, 5) is 20.7. The van der Waals surface area contributed by atoms with E-state index in [-0.39, 0.29) is 5.97 Å². The highest BCUT2D eigenvalue weighted by Crippen LogP contribution is 2.13. The van der Waals surface area contributed by atoms with E-state index < -0.39 is 0 Å². The third-order valence-electron chi connectivity index (χ3n) is 3.99. The third kappa shape index (κ3) is 2.91. The second-order valence-electron chi connectivity index (χ2n) is 5.46. The third-order valence-corrected chi connectivity index (χ3v) is 3.99. The Labute approximate surface area is 123 Å². The van der Waals surface area contributed by atoms with Crippen LogP contribution in [0.15, 0.2) is 24.5 Å². The zero-order valence-corrected chi connectivity index (χ0v) is 12.5. The van der Waals surface area contributed by atoms with Crippen LogP contribution in [-0.4, -0.2) is 65.5 Å². The summed E-state index contributed by atoms with van der Waals surface area (Å²) in [6.07, 6.45) is 3.77. The zero-order chi connectivity index (χ0) is 14.8. The lowest BCUT2D eigenvalue weighted by atomic mass is 10.2. The highest BCUT2D eigenvalue weighted by atomic mass is 16.5. The van der Waals surface area contributed by atoms with Gasteiger partial charge >= 0.3 is 5.97 Å². The van der Waals surface area contributed by atoms with E-state index in [4.69, 9.17) is 4.74 Å². The Morgan fingerprint density at radius 1 is 1.33 bits per heavy atom. The number of piperazine rings is 1. The first-order valence-corrected chi connectivity index (χ1v) is 7.12. The van der Waals surface area contributed by atoms with Gasteiger partial charge in [-0.15, -0.1) is 0 Å². The molecule has 0 saturated carbocycles. The predicted octanol–water partition coefficient (Wildman–Crippen LogP) is 0.868. The molecule has 0 N–H and O–H groups in total. The number of methoxy groups -OCH3 is 1. The van der Waals surface area contributed by atoms with Crippen molar-refractivity contribution in [3.63, 3.8) is 0 Å². The van der Waals surface area contributed by atoms with Crippen molar-refractivity contribution in [1.82, 2.24) is 19.2 Å². The fourth-order valence-corrected chi connectivity index (χ4v) is 2.63.